The molecule has 22 heavy (non-hydrogen) atoms. The minimum atomic E-state index is 0.339. The smallest absolute Gasteiger partial charge is 0.222 e. The van der Waals surface area contributed by atoms with Crippen molar-refractivity contribution in [2.75, 3.05) is 26.0 Å². The largest absolute Gasteiger partial charge is 0.497 e. The minimum absolute atomic E-state index is 0.339. The van der Waals surface area contributed by atoms with Crippen LogP contribution < -0.4 is 4.74 Å². The van der Waals surface area contributed by atoms with Crippen LogP contribution in [0.2, 0.25) is 0 Å². The summed E-state index contributed by atoms with van der Waals surface area (Å²) in [5.41, 5.74) is 0. The average Bonchev–Trinajstić information content (AvgIpc) is 2.69. The maximum Gasteiger partial charge on any atom is 0.222 e. The molecule has 1 saturated heterocycles. The number of amides is 1. The molecule has 0 N–H and O–H groups in total. The number of methoxy groups -OCH3 is 1. The van der Waals surface area contributed by atoms with Gasteiger partial charge in [-0.2, -0.15) is 0 Å². The molecule has 1 amide bonds. The summed E-state index contributed by atoms with van der Waals surface area (Å²) in [6.45, 7) is 6.30. The van der Waals surface area contributed by atoms with Gasteiger partial charge in [-0.05, 0) is 48.9 Å². The SMILES string of the molecule is COc1ccc(SC[C@H](C)CN2CC[C@H](C)CCC2=O)cc1. The van der Waals surface area contributed by atoms with E-state index in [0.717, 1.165) is 43.9 Å². The Labute approximate surface area is 138 Å². The molecule has 1 aliphatic rings. The third-order valence-corrected chi connectivity index (χ3v) is 5.56. The van der Waals surface area contributed by atoms with Gasteiger partial charge in [0.05, 0.1) is 7.11 Å². The van der Waals surface area contributed by atoms with Crippen molar-refractivity contribution >= 4 is 17.7 Å². The van der Waals surface area contributed by atoms with Crippen LogP contribution in [-0.2, 0) is 4.79 Å². The average molecular weight is 321 g/mol. The first-order valence-electron chi connectivity index (χ1n) is 8.13. The Kier molecular flexibility index (Phi) is 6.62. The molecule has 1 aromatic carbocycles. The Hall–Kier alpha value is -1.16. The Morgan fingerprint density at radius 3 is 2.73 bits per heavy atom. The lowest BCUT2D eigenvalue weighted by atomic mass is 10.0. The van der Waals surface area contributed by atoms with E-state index in [4.69, 9.17) is 4.74 Å². The van der Waals surface area contributed by atoms with E-state index >= 15 is 0 Å². The summed E-state index contributed by atoms with van der Waals surface area (Å²) in [6, 6.07) is 8.17. The normalized spacial score (nSPS) is 20.6. The van der Waals surface area contributed by atoms with Crippen LogP contribution in [0.5, 0.6) is 5.75 Å². The molecule has 1 aromatic rings. The second-order valence-electron chi connectivity index (χ2n) is 6.36. The van der Waals surface area contributed by atoms with E-state index < -0.39 is 0 Å². The van der Waals surface area contributed by atoms with E-state index in [1.807, 2.05) is 23.9 Å². The molecular formula is C18H27NO2S. The lowest BCUT2D eigenvalue weighted by Gasteiger charge is -2.24. The van der Waals surface area contributed by atoms with Crippen molar-refractivity contribution in [1.82, 2.24) is 4.90 Å². The first-order chi connectivity index (χ1) is 10.6. The molecule has 1 heterocycles. The third-order valence-electron chi connectivity index (χ3n) is 4.22. The number of thioether (sulfide) groups is 1. The summed E-state index contributed by atoms with van der Waals surface area (Å²) >= 11 is 1.85. The molecule has 1 fully saturated rings. The van der Waals surface area contributed by atoms with Gasteiger partial charge in [0, 0.05) is 30.2 Å². The van der Waals surface area contributed by atoms with E-state index in [-0.39, 0.29) is 0 Å². The van der Waals surface area contributed by atoms with Gasteiger partial charge in [0.25, 0.3) is 0 Å². The highest BCUT2D eigenvalue weighted by Gasteiger charge is 2.21. The standard InChI is InChI=1S/C18H27NO2S/c1-14-4-9-18(20)19(11-10-14)12-15(2)13-22-17-7-5-16(21-3)6-8-17/h5-8,14-15H,4,9-13H2,1-3H3/t14-,15-/m1/s1. The highest BCUT2D eigenvalue weighted by Crippen LogP contribution is 2.24. The van der Waals surface area contributed by atoms with Gasteiger partial charge in [-0.1, -0.05) is 13.8 Å². The molecule has 3 nitrogen and oxygen atoms in total. The van der Waals surface area contributed by atoms with Crippen LogP contribution in [0.4, 0.5) is 0 Å². The first-order valence-corrected chi connectivity index (χ1v) is 9.11. The minimum Gasteiger partial charge on any atom is -0.497 e. The molecule has 0 aliphatic carbocycles. The topological polar surface area (TPSA) is 29.5 Å². The van der Waals surface area contributed by atoms with Gasteiger partial charge < -0.3 is 9.64 Å². The second kappa shape index (κ2) is 8.47. The van der Waals surface area contributed by atoms with E-state index in [2.05, 4.69) is 30.9 Å². The molecular weight excluding hydrogens is 294 g/mol. The summed E-state index contributed by atoms with van der Waals surface area (Å²) < 4.78 is 5.17. The van der Waals surface area contributed by atoms with Crippen LogP contribution in [0.15, 0.2) is 29.2 Å². The monoisotopic (exact) mass is 321 g/mol. The molecule has 0 bridgehead atoms. The van der Waals surface area contributed by atoms with Crippen LogP contribution >= 0.6 is 11.8 Å². The number of nitrogens with zero attached hydrogens (tertiary/aromatic N) is 1. The Morgan fingerprint density at radius 2 is 2.05 bits per heavy atom. The molecule has 0 radical (unpaired) electrons. The number of ether oxygens (including phenoxy) is 1. The summed E-state index contributed by atoms with van der Waals surface area (Å²) in [5.74, 6) is 3.45. The van der Waals surface area contributed by atoms with Crippen molar-refractivity contribution in [1.29, 1.82) is 0 Å². The lowest BCUT2D eigenvalue weighted by molar-refractivity contribution is -0.131. The fourth-order valence-electron chi connectivity index (χ4n) is 2.71. The van der Waals surface area contributed by atoms with Crippen molar-refractivity contribution < 1.29 is 9.53 Å². The highest BCUT2D eigenvalue weighted by atomic mass is 32.2. The van der Waals surface area contributed by atoms with Crippen molar-refractivity contribution in [3.05, 3.63) is 24.3 Å². The van der Waals surface area contributed by atoms with Crippen molar-refractivity contribution in [2.24, 2.45) is 11.8 Å². The molecule has 0 unspecified atom stereocenters. The molecule has 2 atom stereocenters. The first kappa shape index (κ1) is 17.2. The molecule has 1 aliphatic heterocycles. The predicted molar refractivity (Wildman–Crippen MR) is 92.5 cm³/mol. The van der Waals surface area contributed by atoms with Gasteiger partial charge >= 0.3 is 0 Å². The lowest BCUT2D eigenvalue weighted by Crippen LogP contribution is -2.34. The summed E-state index contributed by atoms with van der Waals surface area (Å²) in [6.07, 6.45) is 2.91. The Balaban J connectivity index is 1.79. The number of hydrogen-bond donors (Lipinski definition) is 0. The number of carbonyl (C=O) groups is 1. The zero-order valence-corrected chi connectivity index (χ0v) is 14.7. The zero-order valence-electron chi connectivity index (χ0n) is 13.9. The van der Waals surface area contributed by atoms with Crippen LogP contribution in [0.25, 0.3) is 0 Å². The molecule has 0 spiro atoms. The van der Waals surface area contributed by atoms with E-state index in [1.54, 1.807) is 7.11 Å². The van der Waals surface area contributed by atoms with Crippen LogP contribution in [0.1, 0.15) is 33.1 Å². The predicted octanol–water partition coefficient (Wildman–Crippen LogP) is 4.07. The zero-order chi connectivity index (χ0) is 15.9. The number of hydrogen-bond acceptors (Lipinski definition) is 3. The molecule has 0 aromatic heterocycles. The molecule has 0 saturated carbocycles. The van der Waals surface area contributed by atoms with Crippen LogP contribution in [0, 0.1) is 11.8 Å². The number of rotatable bonds is 6. The van der Waals surface area contributed by atoms with Crippen molar-refractivity contribution in [2.45, 2.75) is 38.0 Å². The molecule has 122 valence electrons. The summed E-state index contributed by atoms with van der Waals surface area (Å²) in [7, 11) is 1.68. The maximum atomic E-state index is 12.1. The van der Waals surface area contributed by atoms with Crippen LogP contribution in [0.3, 0.4) is 0 Å². The van der Waals surface area contributed by atoms with Gasteiger partial charge in [0.15, 0.2) is 0 Å². The van der Waals surface area contributed by atoms with E-state index in [1.165, 1.54) is 4.90 Å². The summed E-state index contributed by atoms with van der Waals surface area (Å²) in [4.78, 5) is 15.5. The number of carbonyl (C=O) groups excluding carboxylic acids is 1. The third kappa shape index (κ3) is 5.24. The molecule has 4 heteroatoms. The van der Waals surface area contributed by atoms with E-state index in [0.29, 0.717) is 17.7 Å². The van der Waals surface area contributed by atoms with Gasteiger partial charge in [0.2, 0.25) is 5.91 Å². The quantitative estimate of drug-likeness (QED) is 0.740. The van der Waals surface area contributed by atoms with Crippen molar-refractivity contribution in [3.63, 3.8) is 0 Å². The fraction of sp³-hybridized carbons (Fsp3) is 0.611. The van der Waals surface area contributed by atoms with Gasteiger partial charge in [-0.25, -0.2) is 0 Å². The highest BCUT2D eigenvalue weighted by molar-refractivity contribution is 7.99. The van der Waals surface area contributed by atoms with Gasteiger partial charge in [0.1, 0.15) is 5.75 Å². The second-order valence-corrected chi connectivity index (χ2v) is 7.46. The summed E-state index contributed by atoms with van der Waals surface area (Å²) in [5, 5.41) is 0. The van der Waals surface area contributed by atoms with Crippen LogP contribution in [-0.4, -0.2) is 36.8 Å². The Morgan fingerprint density at radius 1 is 1.32 bits per heavy atom. The maximum absolute atomic E-state index is 12.1. The van der Waals surface area contributed by atoms with Gasteiger partial charge in [-0.3, -0.25) is 4.79 Å². The van der Waals surface area contributed by atoms with E-state index in [9.17, 15) is 4.79 Å². The molecule has 2 rings (SSSR count). The number of likely N-dealkylation sites (tertiary alicyclic amines) is 1. The number of benzene rings is 1. The van der Waals surface area contributed by atoms with Crippen molar-refractivity contribution in [3.8, 4) is 5.75 Å². The fourth-order valence-corrected chi connectivity index (χ4v) is 3.62. The van der Waals surface area contributed by atoms with Gasteiger partial charge in [-0.15, -0.1) is 11.8 Å². The Bertz CT molecular complexity index is 474.